The molecule has 1 aliphatic rings. The predicted molar refractivity (Wildman–Crippen MR) is 139 cm³/mol. The van der Waals surface area contributed by atoms with E-state index in [0.717, 1.165) is 36.1 Å². The SMILES string of the molecule is CCC(C)CN1CCCN(c2ccc(NC(=O)c3cccs3)cc2)CC1.O=C(O)C(F)(F)F.O=C(O)C(F)(F)F. The number of carbonyl (C=O) groups excluding carboxylic acids is 1. The number of halogens is 6. The quantitative estimate of drug-likeness (QED) is 0.359. The minimum atomic E-state index is -5.08. The van der Waals surface area contributed by atoms with Crippen LogP contribution in [0.15, 0.2) is 41.8 Å². The summed E-state index contributed by atoms with van der Waals surface area (Å²) in [7, 11) is 0. The molecule has 2 aromatic rings. The number of nitrogens with zero attached hydrogens (tertiary/aromatic N) is 2. The number of amides is 1. The fourth-order valence-corrected chi connectivity index (χ4v) is 3.96. The molecule has 3 rings (SSSR count). The summed E-state index contributed by atoms with van der Waals surface area (Å²) in [4.78, 5) is 35.7. The molecule has 3 N–H and O–H groups in total. The Hall–Kier alpha value is -3.33. The van der Waals surface area contributed by atoms with Gasteiger partial charge in [0, 0.05) is 37.6 Å². The van der Waals surface area contributed by atoms with Crippen molar-refractivity contribution in [2.75, 3.05) is 42.9 Å². The lowest BCUT2D eigenvalue weighted by Crippen LogP contribution is -2.33. The van der Waals surface area contributed by atoms with Crippen molar-refractivity contribution in [1.29, 1.82) is 0 Å². The van der Waals surface area contributed by atoms with Crippen LogP contribution >= 0.6 is 11.3 Å². The molecule has 1 saturated heterocycles. The Morgan fingerprint density at radius 3 is 1.93 bits per heavy atom. The molecule has 1 amide bonds. The van der Waals surface area contributed by atoms with Gasteiger partial charge in [0.2, 0.25) is 0 Å². The van der Waals surface area contributed by atoms with Crippen LogP contribution in [0, 0.1) is 5.92 Å². The van der Waals surface area contributed by atoms with Gasteiger partial charge < -0.3 is 25.3 Å². The van der Waals surface area contributed by atoms with Crippen LogP contribution in [-0.2, 0) is 9.59 Å². The van der Waals surface area contributed by atoms with Crippen molar-refractivity contribution in [2.24, 2.45) is 5.92 Å². The Morgan fingerprint density at radius 1 is 0.925 bits per heavy atom. The topological polar surface area (TPSA) is 110 Å². The number of thiophene rings is 1. The average molecular weight is 600 g/mol. The second-order valence-electron chi connectivity index (χ2n) is 8.74. The molecule has 1 aliphatic heterocycles. The lowest BCUT2D eigenvalue weighted by Gasteiger charge is -2.25. The second kappa shape index (κ2) is 16.1. The highest BCUT2D eigenvalue weighted by Crippen LogP contribution is 2.21. The predicted octanol–water partition coefficient (Wildman–Crippen LogP) is 5.83. The first-order valence-electron chi connectivity index (χ1n) is 12.1. The first-order chi connectivity index (χ1) is 18.5. The minimum Gasteiger partial charge on any atom is -0.475 e. The maximum absolute atomic E-state index is 12.1. The van der Waals surface area contributed by atoms with E-state index in [9.17, 15) is 31.1 Å². The van der Waals surface area contributed by atoms with Crippen molar-refractivity contribution in [3.63, 3.8) is 0 Å². The van der Waals surface area contributed by atoms with E-state index in [0.29, 0.717) is 0 Å². The van der Waals surface area contributed by atoms with E-state index in [4.69, 9.17) is 19.8 Å². The van der Waals surface area contributed by atoms with Gasteiger partial charge in [-0.1, -0.05) is 26.3 Å². The summed E-state index contributed by atoms with van der Waals surface area (Å²) in [5, 5.41) is 19.1. The number of nitrogens with one attached hydrogen (secondary N) is 1. The van der Waals surface area contributed by atoms with Gasteiger partial charge in [0.25, 0.3) is 5.91 Å². The summed E-state index contributed by atoms with van der Waals surface area (Å²) < 4.78 is 63.5. The van der Waals surface area contributed by atoms with Gasteiger partial charge in [-0.3, -0.25) is 4.79 Å². The molecule has 8 nitrogen and oxygen atoms in total. The zero-order chi connectivity index (χ0) is 30.5. The molecule has 1 fully saturated rings. The Labute approximate surface area is 231 Å². The standard InChI is InChI=1S/C21H29N3OS.2C2HF3O2/c1-3-17(2)16-23-11-5-12-24(14-13-23)19-9-7-18(8-10-19)22-21(25)20-6-4-15-26-20;2*3-2(4,5)1(6)7/h4,6-10,15,17H,3,5,11-14,16H2,1-2H3,(H,22,25);2*(H,6,7). The summed E-state index contributed by atoms with van der Waals surface area (Å²) in [5.74, 6) is -4.78. The molecule has 0 radical (unpaired) electrons. The maximum atomic E-state index is 12.1. The molecule has 2 heterocycles. The van der Waals surface area contributed by atoms with Crippen molar-refractivity contribution in [3.05, 3.63) is 46.7 Å². The number of carboxylic acids is 2. The number of aliphatic carboxylic acids is 2. The summed E-state index contributed by atoms with van der Waals surface area (Å²) in [6.07, 6.45) is -7.72. The Morgan fingerprint density at radius 2 is 1.48 bits per heavy atom. The van der Waals surface area contributed by atoms with E-state index in [1.807, 2.05) is 29.6 Å². The van der Waals surface area contributed by atoms with Crippen LogP contribution in [-0.4, -0.2) is 78.0 Å². The van der Waals surface area contributed by atoms with E-state index < -0.39 is 24.3 Å². The van der Waals surface area contributed by atoms with Gasteiger partial charge in [0.05, 0.1) is 4.88 Å². The lowest BCUT2D eigenvalue weighted by molar-refractivity contribution is -0.193. The monoisotopic (exact) mass is 599 g/mol. The van der Waals surface area contributed by atoms with Crippen LogP contribution < -0.4 is 10.2 Å². The van der Waals surface area contributed by atoms with E-state index in [1.165, 1.54) is 43.0 Å². The molecule has 0 bridgehead atoms. The Kier molecular flexibility index (Phi) is 13.9. The average Bonchev–Trinajstić information content (AvgIpc) is 3.32. The molecule has 0 saturated carbocycles. The Bertz CT molecular complexity index is 1040. The number of hydrogen-bond donors (Lipinski definition) is 3. The molecule has 0 spiro atoms. The maximum Gasteiger partial charge on any atom is 0.490 e. The molecule has 40 heavy (non-hydrogen) atoms. The van der Waals surface area contributed by atoms with E-state index in [-0.39, 0.29) is 5.91 Å². The fourth-order valence-electron chi connectivity index (χ4n) is 3.34. The van der Waals surface area contributed by atoms with E-state index in [2.05, 4.69) is 41.1 Å². The molecule has 224 valence electrons. The normalized spacial score (nSPS) is 14.9. The molecule has 1 unspecified atom stereocenters. The van der Waals surface area contributed by atoms with Crippen molar-refractivity contribution in [3.8, 4) is 0 Å². The van der Waals surface area contributed by atoms with E-state index >= 15 is 0 Å². The zero-order valence-corrected chi connectivity index (χ0v) is 22.6. The van der Waals surface area contributed by atoms with Gasteiger partial charge in [-0.15, -0.1) is 11.3 Å². The fraction of sp³-hybridized carbons (Fsp3) is 0.480. The van der Waals surface area contributed by atoms with E-state index in [1.54, 1.807) is 0 Å². The first kappa shape index (κ1) is 34.7. The minimum absolute atomic E-state index is 0.0387. The number of anilines is 2. The van der Waals surface area contributed by atoms with Crippen LogP contribution in [0.4, 0.5) is 37.7 Å². The summed E-state index contributed by atoms with van der Waals surface area (Å²) in [6.45, 7) is 10.3. The molecular formula is C25H31F6N3O5S. The lowest BCUT2D eigenvalue weighted by atomic mass is 10.1. The largest absolute Gasteiger partial charge is 0.490 e. The number of carboxylic acid groups (broad SMARTS) is 2. The van der Waals surface area contributed by atoms with Crippen molar-refractivity contribution >= 4 is 40.6 Å². The molecule has 1 aromatic heterocycles. The van der Waals surface area contributed by atoms with Crippen LogP contribution in [0.1, 0.15) is 36.4 Å². The number of hydrogen-bond acceptors (Lipinski definition) is 6. The first-order valence-corrected chi connectivity index (χ1v) is 12.9. The summed E-state index contributed by atoms with van der Waals surface area (Å²) in [5.41, 5.74) is 2.09. The molecule has 1 atom stereocenters. The highest BCUT2D eigenvalue weighted by atomic mass is 32.1. The number of alkyl halides is 6. The van der Waals surface area contributed by atoms with Crippen LogP contribution in [0.5, 0.6) is 0 Å². The molecular weight excluding hydrogens is 568 g/mol. The zero-order valence-electron chi connectivity index (χ0n) is 21.8. The van der Waals surface area contributed by atoms with Crippen LogP contribution in [0.25, 0.3) is 0 Å². The third-order valence-corrected chi connectivity index (χ3v) is 6.44. The second-order valence-corrected chi connectivity index (χ2v) is 9.69. The van der Waals surface area contributed by atoms with Gasteiger partial charge in [-0.25, -0.2) is 9.59 Å². The van der Waals surface area contributed by atoms with Gasteiger partial charge in [0.1, 0.15) is 0 Å². The van der Waals surface area contributed by atoms with Crippen LogP contribution in [0.2, 0.25) is 0 Å². The molecule has 1 aromatic carbocycles. The van der Waals surface area contributed by atoms with Gasteiger partial charge in [-0.2, -0.15) is 26.3 Å². The molecule has 0 aliphatic carbocycles. The van der Waals surface area contributed by atoms with Gasteiger partial charge >= 0.3 is 24.3 Å². The number of rotatable bonds is 6. The van der Waals surface area contributed by atoms with Gasteiger partial charge in [-0.05, 0) is 54.6 Å². The smallest absolute Gasteiger partial charge is 0.475 e. The number of benzene rings is 1. The summed E-state index contributed by atoms with van der Waals surface area (Å²) in [6, 6.07) is 12.0. The third-order valence-electron chi connectivity index (χ3n) is 5.58. The van der Waals surface area contributed by atoms with Gasteiger partial charge in [0.15, 0.2) is 0 Å². The van der Waals surface area contributed by atoms with Crippen molar-refractivity contribution in [1.82, 2.24) is 4.90 Å². The van der Waals surface area contributed by atoms with Crippen molar-refractivity contribution in [2.45, 2.75) is 39.0 Å². The highest BCUT2D eigenvalue weighted by molar-refractivity contribution is 7.12. The highest BCUT2D eigenvalue weighted by Gasteiger charge is 2.38. The molecule has 15 heteroatoms. The summed E-state index contributed by atoms with van der Waals surface area (Å²) >= 11 is 1.46. The Balaban J connectivity index is 0.000000473. The van der Waals surface area contributed by atoms with Crippen LogP contribution in [0.3, 0.4) is 0 Å². The third kappa shape index (κ3) is 13.2. The van der Waals surface area contributed by atoms with Crippen molar-refractivity contribution < 1.29 is 50.9 Å². The number of carbonyl (C=O) groups is 3.